The molecule has 6 heteroatoms. The first-order chi connectivity index (χ1) is 8.10. The van der Waals surface area contributed by atoms with E-state index in [-0.39, 0.29) is 5.54 Å². The summed E-state index contributed by atoms with van der Waals surface area (Å²) in [6.07, 6.45) is 7.05. The summed E-state index contributed by atoms with van der Waals surface area (Å²) < 4.78 is 1.92. The molecule has 2 aromatic heterocycles. The van der Waals surface area contributed by atoms with E-state index in [0.717, 1.165) is 0 Å². The molecule has 0 radical (unpaired) electrons. The van der Waals surface area contributed by atoms with Crippen LogP contribution in [-0.4, -0.2) is 30.7 Å². The van der Waals surface area contributed by atoms with Crippen molar-refractivity contribution in [2.75, 3.05) is 0 Å². The SMILES string of the molecule is C[C@]1(n2cnc3c(Cl)ncnc32)C=C[C@H](O)C1. The highest BCUT2D eigenvalue weighted by atomic mass is 35.5. The third-order valence-electron chi connectivity index (χ3n) is 3.14. The maximum absolute atomic E-state index is 9.61. The van der Waals surface area contributed by atoms with Crippen LogP contribution in [0.5, 0.6) is 0 Å². The maximum Gasteiger partial charge on any atom is 0.165 e. The normalized spacial score (nSPS) is 28.1. The Hall–Kier alpha value is -1.46. The minimum absolute atomic E-state index is 0.314. The molecule has 17 heavy (non-hydrogen) atoms. The fourth-order valence-corrected chi connectivity index (χ4v) is 2.41. The van der Waals surface area contributed by atoms with Gasteiger partial charge in [-0.15, -0.1) is 0 Å². The van der Waals surface area contributed by atoms with Gasteiger partial charge in [0.05, 0.1) is 18.0 Å². The number of aromatic nitrogens is 4. The van der Waals surface area contributed by atoms with Gasteiger partial charge in [0.2, 0.25) is 0 Å². The molecule has 0 bridgehead atoms. The fourth-order valence-electron chi connectivity index (χ4n) is 2.24. The lowest BCUT2D eigenvalue weighted by Crippen LogP contribution is -2.27. The Bertz CT molecular complexity index is 609. The van der Waals surface area contributed by atoms with E-state index in [9.17, 15) is 5.11 Å². The van der Waals surface area contributed by atoms with E-state index in [1.165, 1.54) is 6.33 Å². The fraction of sp³-hybridized carbons (Fsp3) is 0.364. The van der Waals surface area contributed by atoms with Crippen LogP contribution >= 0.6 is 11.6 Å². The Balaban J connectivity index is 2.19. The lowest BCUT2D eigenvalue weighted by Gasteiger charge is -2.24. The largest absolute Gasteiger partial charge is 0.389 e. The van der Waals surface area contributed by atoms with Crippen molar-refractivity contribution in [1.29, 1.82) is 0 Å². The van der Waals surface area contributed by atoms with Crippen molar-refractivity contribution in [2.45, 2.75) is 25.0 Å². The molecule has 1 aliphatic rings. The van der Waals surface area contributed by atoms with Gasteiger partial charge in [-0.25, -0.2) is 15.0 Å². The lowest BCUT2D eigenvalue weighted by molar-refractivity contribution is 0.188. The standard InChI is InChI=1S/C11H11ClN4O/c1-11(3-2-7(17)4-11)16-6-15-8-9(12)13-5-14-10(8)16/h2-3,5-7,17H,4H2,1H3/t7-,11-/m0/s1. The molecule has 0 unspecified atom stereocenters. The number of halogens is 1. The van der Waals surface area contributed by atoms with Gasteiger partial charge in [-0.05, 0) is 6.92 Å². The quantitative estimate of drug-likeness (QED) is 0.616. The van der Waals surface area contributed by atoms with E-state index < -0.39 is 6.10 Å². The number of hydrogen-bond acceptors (Lipinski definition) is 4. The molecule has 0 amide bonds. The summed E-state index contributed by atoms with van der Waals surface area (Å²) in [6, 6.07) is 0. The highest BCUT2D eigenvalue weighted by Crippen LogP contribution is 2.33. The zero-order valence-electron chi connectivity index (χ0n) is 9.21. The van der Waals surface area contributed by atoms with Crippen LogP contribution in [0.3, 0.4) is 0 Å². The molecule has 0 saturated carbocycles. The van der Waals surface area contributed by atoms with Gasteiger partial charge in [-0.3, -0.25) is 0 Å². The van der Waals surface area contributed by atoms with Crippen LogP contribution in [0.1, 0.15) is 13.3 Å². The summed E-state index contributed by atoms with van der Waals surface area (Å²) in [4.78, 5) is 12.3. The zero-order valence-corrected chi connectivity index (χ0v) is 9.96. The molecule has 0 spiro atoms. The molecule has 0 fully saturated rings. The van der Waals surface area contributed by atoms with Crippen molar-refractivity contribution >= 4 is 22.8 Å². The minimum Gasteiger partial charge on any atom is -0.389 e. The van der Waals surface area contributed by atoms with Crippen LogP contribution in [0.2, 0.25) is 5.15 Å². The molecule has 1 aliphatic carbocycles. The number of nitrogens with zero attached hydrogens (tertiary/aromatic N) is 4. The lowest BCUT2D eigenvalue weighted by atomic mass is 10.0. The number of imidazole rings is 1. The molecular weight excluding hydrogens is 240 g/mol. The first kappa shape index (κ1) is 10.7. The Morgan fingerprint density at radius 2 is 2.29 bits per heavy atom. The summed E-state index contributed by atoms with van der Waals surface area (Å²) >= 11 is 5.96. The number of hydrogen-bond donors (Lipinski definition) is 1. The summed E-state index contributed by atoms with van der Waals surface area (Å²) in [5, 5.41) is 9.96. The van der Waals surface area contributed by atoms with E-state index in [1.807, 2.05) is 17.6 Å². The number of allylic oxidation sites excluding steroid dienone is 1. The van der Waals surface area contributed by atoms with Crippen molar-refractivity contribution in [3.63, 3.8) is 0 Å². The molecule has 3 rings (SSSR count). The summed E-state index contributed by atoms with van der Waals surface area (Å²) in [5.74, 6) is 0. The predicted molar refractivity (Wildman–Crippen MR) is 63.7 cm³/mol. The van der Waals surface area contributed by atoms with Crippen molar-refractivity contribution in [3.8, 4) is 0 Å². The van der Waals surface area contributed by atoms with Gasteiger partial charge in [0, 0.05) is 6.42 Å². The Labute approximate surface area is 103 Å². The minimum atomic E-state index is -0.422. The van der Waals surface area contributed by atoms with Crippen molar-refractivity contribution in [2.24, 2.45) is 0 Å². The number of rotatable bonds is 1. The second kappa shape index (κ2) is 3.51. The first-order valence-electron chi connectivity index (χ1n) is 5.32. The zero-order chi connectivity index (χ0) is 12.0. The van der Waals surface area contributed by atoms with Crippen LogP contribution in [0.4, 0.5) is 0 Å². The molecule has 0 saturated heterocycles. The van der Waals surface area contributed by atoms with Crippen LogP contribution in [0.25, 0.3) is 11.2 Å². The molecule has 5 nitrogen and oxygen atoms in total. The van der Waals surface area contributed by atoms with E-state index in [4.69, 9.17) is 11.6 Å². The van der Waals surface area contributed by atoms with Crippen LogP contribution < -0.4 is 0 Å². The Morgan fingerprint density at radius 1 is 1.47 bits per heavy atom. The van der Waals surface area contributed by atoms with Gasteiger partial charge in [0.25, 0.3) is 0 Å². The summed E-state index contributed by atoms with van der Waals surface area (Å²) in [7, 11) is 0. The third kappa shape index (κ3) is 1.54. The molecule has 0 aromatic carbocycles. The average molecular weight is 251 g/mol. The van der Waals surface area contributed by atoms with Crippen LogP contribution in [-0.2, 0) is 5.54 Å². The van der Waals surface area contributed by atoms with E-state index >= 15 is 0 Å². The molecule has 2 heterocycles. The summed E-state index contributed by atoms with van der Waals surface area (Å²) in [6.45, 7) is 2.02. The van der Waals surface area contributed by atoms with Crippen molar-refractivity contribution in [1.82, 2.24) is 19.5 Å². The number of fused-ring (bicyclic) bond motifs is 1. The van der Waals surface area contributed by atoms with E-state index in [2.05, 4.69) is 15.0 Å². The molecule has 1 N–H and O–H groups in total. The van der Waals surface area contributed by atoms with Gasteiger partial charge in [0.1, 0.15) is 11.8 Å². The predicted octanol–water partition coefficient (Wildman–Crippen LogP) is 1.52. The van der Waals surface area contributed by atoms with Crippen LogP contribution in [0, 0.1) is 0 Å². The highest BCUT2D eigenvalue weighted by molar-refractivity contribution is 6.33. The molecule has 88 valence electrons. The second-order valence-electron chi connectivity index (χ2n) is 4.44. The second-order valence-corrected chi connectivity index (χ2v) is 4.80. The number of aliphatic hydroxyl groups excluding tert-OH is 1. The molecule has 2 atom stereocenters. The van der Waals surface area contributed by atoms with Gasteiger partial charge < -0.3 is 9.67 Å². The highest BCUT2D eigenvalue weighted by Gasteiger charge is 2.32. The van der Waals surface area contributed by atoms with Gasteiger partial charge >= 0.3 is 0 Å². The molecule has 2 aromatic rings. The van der Waals surface area contributed by atoms with Gasteiger partial charge in [0.15, 0.2) is 10.8 Å². The maximum atomic E-state index is 9.61. The monoisotopic (exact) mass is 250 g/mol. The smallest absolute Gasteiger partial charge is 0.165 e. The molecular formula is C11H11ClN4O. The Morgan fingerprint density at radius 3 is 3.00 bits per heavy atom. The van der Waals surface area contributed by atoms with Crippen LogP contribution in [0.15, 0.2) is 24.8 Å². The molecule has 0 aliphatic heterocycles. The topological polar surface area (TPSA) is 63.8 Å². The van der Waals surface area contributed by atoms with E-state index in [0.29, 0.717) is 22.7 Å². The first-order valence-corrected chi connectivity index (χ1v) is 5.69. The summed E-state index contributed by atoms with van der Waals surface area (Å²) in [5.41, 5.74) is 0.961. The third-order valence-corrected chi connectivity index (χ3v) is 3.42. The number of aliphatic hydroxyl groups is 1. The van der Waals surface area contributed by atoms with Crippen molar-refractivity contribution < 1.29 is 5.11 Å². The Kier molecular flexibility index (Phi) is 2.21. The van der Waals surface area contributed by atoms with Gasteiger partial charge in [-0.1, -0.05) is 23.8 Å². The van der Waals surface area contributed by atoms with Crippen molar-refractivity contribution in [3.05, 3.63) is 30.0 Å². The van der Waals surface area contributed by atoms with Gasteiger partial charge in [-0.2, -0.15) is 0 Å². The average Bonchev–Trinajstić information content (AvgIpc) is 2.84. The van der Waals surface area contributed by atoms with E-state index in [1.54, 1.807) is 12.4 Å².